The summed E-state index contributed by atoms with van der Waals surface area (Å²) in [7, 11) is 0. The van der Waals surface area contributed by atoms with E-state index in [0.29, 0.717) is 0 Å². The van der Waals surface area contributed by atoms with E-state index < -0.39 is 74.1 Å². The third-order valence-corrected chi connectivity index (χ3v) is 4.46. The maximum Gasteiger partial charge on any atom is 0.217 e. The summed E-state index contributed by atoms with van der Waals surface area (Å²) in [4.78, 5) is 11.4. The van der Waals surface area contributed by atoms with E-state index in [1.807, 2.05) is 0 Å². The smallest absolute Gasteiger partial charge is 0.217 e. The highest BCUT2D eigenvalue weighted by Crippen LogP contribution is 2.26. The number of aliphatic hydroxyl groups excluding tert-OH is 6. The second-order valence-electron chi connectivity index (χ2n) is 6.29. The van der Waals surface area contributed by atoms with E-state index in [4.69, 9.17) is 9.47 Å². The first kappa shape index (κ1) is 23.4. The second kappa shape index (κ2) is 10.1. The second-order valence-corrected chi connectivity index (χ2v) is 6.29. The largest absolute Gasteiger partial charge is 0.395 e. The number of β-amino-alcohol motifs (C(OH)–C–C–N with tert-alkyl or cyclic N) is 1. The van der Waals surface area contributed by atoms with Crippen molar-refractivity contribution in [3.05, 3.63) is 0 Å². The molecule has 9 unspecified atom stereocenters. The van der Waals surface area contributed by atoms with Gasteiger partial charge in [0.2, 0.25) is 5.91 Å². The molecule has 26 heavy (non-hydrogen) atoms. The van der Waals surface area contributed by atoms with Crippen molar-refractivity contribution in [1.29, 1.82) is 0 Å². The number of ether oxygens (including phenoxy) is 2. The van der Waals surface area contributed by atoms with E-state index in [1.54, 1.807) is 0 Å². The molecule has 0 aromatic rings. The third kappa shape index (κ3) is 5.01. The molecule has 154 valence electrons. The predicted molar refractivity (Wildman–Crippen MR) is 88.4 cm³/mol. The summed E-state index contributed by atoms with van der Waals surface area (Å²) in [6, 6.07) is -1.91. The minimum atomic E-state index is -1.49. The molecule has 2 heterocycles. The number of carbonyl (C=O) groups excluding carboxylic acids is 1. The Morgan fingerprint density at radius 2 is 1.81 bits per heavy atom. The summed E-state index contributed by atoms with van der Waals surface area (Å²) in [5.41, 5.74) is 0. The van der Waals surface area contributed by atoms with Crippen LogP contribution in [0, 0.1) is 0 Å². The quantitative estimate of drug-likeness (QED) is 0.223. The molecule has 12 heteroatoms. The van der Waals surface area contributed by atoms with Gasteiger partial charge in [0, 0.05) is 13.5 Å². The zero-order valence-corrected chi connectivity index (χ0v) is 15.0. The molecular weight excluding hydrogens is 376 g/mol. The van der Waals surface area contributed by atoms with Crippen LogP contribution in [0.1, 0.15) is 6.92 Å². The van der Waals surface area contributed by atoms with Crippen LogP contribution in [0.25, 0.3) is 0 Å². The Hall–Kier alpha value is -0.600. The molecule has 0 aromatic carbocycles. The van der Waals surface area contributed by atoms with Gasteiger partial charge >= 0.3 is 0 Å². The van der Waals surface area contributed by atoms with Gasteiger partial charge in [0.25, 0.3) is 0 Å². The SMILES string of the molecule is CC(=O)NC1C(OC2C(CO)NCC(O)C2O)OC(CO)C(O)C1O.Cl. The Balaban J connectivity index is 0.00000338. The van der Waals surface area contributed by atoms with Crippen LogP contribution < -0.4 is 10.6 Å². The van der Waals surface area contributed by atoms with Gasteiger partial charge in [0.1, 0.15) is 36.6 Å². The Kier molecular flexibility index (Phi) is 9.09. The monoisotopic (exact) mass is 402 g/mol. The molecule has 0 aromatic heterocycles. The van der Waals surface area contributed by atoms with E-state index in [1.165, 1.54) is 6.92 Å². The highest BCUT2D eigenvalue weighted by molar-refractivity contribution is 5.85. The minimum Gasteiger partial charge on any atom is -0.395 e. The fourth-order valence-corrected chi connectivity index (χ4v) is 3.05. The summed E-state index contributed by atoms with van der Waals surface area (Å²) < 4.78 is 11.0. The van der Waals surface area contributed by atoms with Crippen molar-refractivity contribution in [2.45, 2.75) is 61.9 Å². The molecule has 0 aliphatic carbocycles. The van der Waals surface area contributed by atoms with Gasteiger partial charge in [-0.3, -0.25) is 4.79 Å². The van der Waals surface area contributed by atoms with Crippen LogP contribution in [0.3, 0.4) is 0 Å². The first-order chi connectivity index (χ1) is 11.8. The molecular formula is C14H27ClN2O9. The summed E-state index contributed by atoms with van der Waals surface area (Å²) >= 11 is 0. The Morgan fingerprint density at radius 1 is 1.15 bits per heavy atom. The van der Waals surface area contributed by atoms with Gasteiger partial charge in [0.15, 0.2) is 6.29 Å². The van der Waals surface area contributed by atoms with Crippen molar-refractivity contribution in [1.82, 2.24) is 10.6 Å². The van der Waals surface area contributed by atoms with E-state index in [2.05, 4.69) is 10.6 Å². The van der Waals surface area contributed by atoms with Crippen molar-refractivity contribution in [3.8, 4) is 0 Å². The van der Waals surface area contributed by atoms with Gasteiger partial charge in [-0.25, -0.2) is 0 Å². The van der Waals surface area contributed by atoms with Gasteiger partial charge in [-0.15, -0.1) is 12.4 Å². The fourth-order valence-electron chi connectivity index (χ4n) is 3.05. The lowest BCUT2D eigenvalue weighted by Crippen LogP contribution is -2.68. The topological polar surface area (TPSA) is 181 Å². The number of hydrogen-bond donors (Lipinski definition) is 8. The number of hydrogen-bond acceptors (Lipinski definition) is 10. The molecule has 2 fully saturated rings. The molecule has 0 radical (unpaired) electrons. The first-order valence-electron chi connectivity index (χ1n) is 8.05. The molecule has 2 saturated heterocycles. The molecule has 2 rings (SSSR count). The lowest BCUT2D eigenvalue weighted by atomic mass is 9.94. The van der Waals surface area contributed by atoms with Crippen molar-refractivity contribution < 1.29 is 44.9 Å². The fraction of sp³-hybridized carbons (Fsp3) is 0.929. The number of halogens is 1. The number of nitrogens with one attached hydrogen (secondary N) is 2. The van der Waals surface area contributed by atoms with Crippen molar-refractivity contribution >= 4 is 18.3 Å². The van der Waals surface area contributed by atoms with Crippen LogP contribution in [0.4, 0.5) is 0 Å². The van der Waals surface area contributed by atoms with E-state index in [9.17, 15) is 35.4 Å². The number of rotatable bonds is 5. The molecule has 1 amide bonds. The molecule has 11 nitrogen and oxygen atoms in total. The van der Waals surface area contributed by atoms with E-state index in [0.717, 1.165) is 0 Å². The average Bonchev–Trinajstić information content (AvgIpc) is 2.58. The summed E-state index contributed by atoms with van der Waals surface area (Å²) in [5, 5.41) is 64.0. The molecule has 0 spiro atoms. The van der Waals surface area contributed by atoms with Crippen LogP contribution >= 0.6 is 12.4 Å². The number of piperidine rings is 1. The molecule has 0 saturated carbocycles. The lowest BCUT2D eigenvalue weighted by molar-refractivity contribution is -0.298. The van der Waals surface area contributed by atoms with Crippen molar-refractivity contribution in [3.63, 3.8) is 0 Å². The van der Waals surface area contributed by atoms with Crippen LogP contribution in [0.5, 0.6) is 0 Å². The molecule has 2 aliphatic heterocycles. The van der Waals surface area contributed by atoms with Gasteiger partial charge < -0.3 is 50.7 Å². The van der Waals surface area contributed by atoms with Crippen LogP contribution in [-0.4, -0.2) is 111 Å². The average molecular weight is 403 g/mol. The van der Waals surface area contributed by atoms with Crippen molar-refractivity contribution in [2.75, 3.05) is 19.8 Å². The molecule has 2 aliphatic rings. The molecule has 0 bridgehead atoms. The predicted octanol–water partition coefficient (Wildman–Crippen LogP) is -4.58. The number of amides is 1. The summed E-state index contributed by atoms with van der Waals surface area (Å²) in [5.74, 6) is -0.517. The zero-order chi connectivity index (χ0) is 18.7. The maximum atomic E-state index is 11.4. The minimum absolute atomic E-state index is 0. The number of aliphatic hydroxyl groups is 6. The Morgan fingerprint density at radius 3 is 2.35 bits per heavy atom. The van der Waals surface area contributed by atoms with Crippen molar-refractivity contribution in [2.24, 2.45) is 0 Å². The van der Waals surface area contributed by atoms with Crippen LogP contribution in [0.15, 0.2) is 0 Å². The van der Waals surface area contributed by atoms with E-state index >= 15 is 0 Å². The highest BCUT2D eigenvalue weighted by atomic mass is 35.5. The Labute approximate surface area is 156 Å². The number of carbonyl (C=O) groups is 1. The third-order valence-electron chi connectivity index (χ3n) is 4.46. The van der Waals surface area contributed by atoms with E-state index in [-0.39, 0.29) is 19.0 Å². The maximum absolute atomic E-state index is 11.4. The van der Waals surface area contributed by atoms with Gasteiger partial charge in [-0.2, -0.15) is 0 Å². The standard InChI is InChI=1S/C14H26N2O9.ClH/c1-5(19)16-9-12(23)11(22)8(4-18)24-14(9)25-13-6(3-17)15-2-7(20)10(13)21;/h6-15,17-18,20-23H,2-4H2,1H3,(H,16,19);1H. The lowest BCUT2D eigenvalue weighted by Gasteiger charge is -2.46. The summed E-state index contributed by atoms with van der Waals surface area (Å²) in [6.07, 6.45) is -9.08. The van der Waals surface area contributed by atoms with Crippen LogP contribution in [-0.2, 0) is 14.3 Å². The zero-order valence-electron chi connectivity index (χ0n) is 14.1. The highest BCUT2D eigenvalue weighted by Gasteiger charge is 2.48. The van der Waals surface area contributed by atoms with Gasteiger partial charge in [0.05, 0.1) is 25.4 Å². The normalized spacial score (nSPS) is 43.4. The Bertz CT molecular complexity index is 458. The molecule has 8 N–H and O–H groups in total. The first-order valence-corrected chi connectivity index (χ1v) is 8.05. The van der Waals surface area contributed by atoms with Gasteiger partial charge in [-0.05, 0) is 0 Å². The van der Waals surface area contributed by atoms with Gasteiger partial charge in [-0.1, -0.05) is 0 Å². The van der Waals surface area contributed by atoms with Crippen LogP contribution in [0.2, 0.25) is 0 Å². The summed E-state index contributed by atoms with van der Waals surface area (Å²) in [6.45, 7) is 0.238. The molecule has 9 atom stereocenters.